The van der Waals surface area contributed by atoms with E-state index in [0.29, 0.717) is 10.9 Å². The van der Waals surface area contributed by atoms with Gasteiger partial charge in [-0.2, -0.15) is 8.78 Å². The number of halogens is 3. The van der Waals surface area contributed by atoms with Crippen molar-refractivity contribution >= 4 is 11.6 Å². The highest BCUT2D eigenvalue weighted by Crippen LogP contribution is 2.27. The molecule has 0 saturated carbocycles. The summed E-state index contributed by atoms with van der Waals surface area (Å²) in [5.74, 6) is 0.740. The van der Waals surface area contributed by atoms with Gasteiger partial charge < -0.3 is 10.1 Å². The van der Waals surface area contributed by atoms with Gasteiger partial charge in [-0.1, -0.05) is 11.6 Å². The smallest absolute Gasteiger partial charge is 0.387 e. The molecule has 1 saturated heterocycles. The number of piperidine rings is 1. The van der Waals surface area contributed by atoms with Gasteiger partial charge in [0.2, 0.25) is 0 Å². The van der Waals surface area contributed by atoms with E-state index in [1.165, 1.54) is 6.07 Å². The summed E-state index contributed by atoms with van der Waals surface area (Å²) in [6.07, 6.45) is 3.01. The lowest BCUT2D eigenvalue weighted by atomic mass is 9.91. The van der Waals surface area contributed by atoms with Crippen molar-refractivity contribution in [1.29, 1.82) is 0 Å². The van der Waals surface area contributed by atoms with Gasteiger partial charge in [0, 0.05) is 5.02 Å². The van der Waals surface area contributed by atoms with Gasteiger partial charge >= 0.3 is 6.61 Å². The van der Waals surface area contributed by atoms with Crippen molar-refractivity contribution in [3.8, 4) is 5.75 Å². The van der Waals surface area contributed by atoms with Gasteiger partial charge in [0.25, 0.3) is 0 Å². The Morgan fingerprint density at radius 3 is 2.72 bits per heavy atom. The Labute approximate surface area is 110 Å². The normalized spacial score (nSPS) is 17.1. The first-order valence-electron chi connectivity index (χ1n) is 6.09. The van der Waals surface area contributed by atoms with Crippen molar-refractivity contribution in [2.24, 2.45) is 5.92 Å². The topological polar surface area (TPSA) is 21.3 Å². The molecular weight excluding hydrogens is 260 g/mol. The molecule has 0 bridgehead atoms. The van der Waals surface area contributed by atoms with Crippen LogP contribution in [0, 0.1) is 5.92 Å². The lowest BCUT2D eigenvalue weighted by Gasteiger charge is -2.23. The standard InChI is InChI=1S/C13H16ClF2NO/c14-12-2-1-11(18-13(15)16)8-10(12)7-9-3-5-17-6-4-9/h1-2,8-9,13,17H,3-7H2. The van der Waals surface area contributed by atoms with Crippen LogP contribution < -0.4 is 10.1 Å². The van der Waals surface area contributed by atoms with Gasteiger partial charge in [-0.05, 0) is 62.0 Å². The Hall–Kier alpha value is -0.870. The van der Waals surface area contributed by atoms with E-state index < -0.39 is 6.61 Å². The second kappa shape index (κ2) is 6.34. The summed E-state index contributed by atoms with van der Waals surface area (Å²) >= 11 is 6.09. The minimum Gasteiger partial charge on any atom is -0.435 e. The van der Waals surface area contributed by atoms with Crippen LogP contribution in [0.25, 0.3) is 0 Å². The molecule has 1 aromatic rings. The van der Waals surface area contributed by atoms with Crippen molar-refractivity contribution in [3.05, 3.63) is 28.8 Å². The van der Waals surface area contributed by atoms with Gasteiger partial charge in [-0.3, -0.25) is 0 Å². The first-order valence-corrected chi connectivity index (χ1v) is 6.47. The van der Waals surface area contributed by atoms with Crippen LogP contribution in [0.4, 0.5) is 8.78 Å². The quantitative estimate of drug-likeness (QED) is 0.908. The molecule has 0 unspecified atom stereocenters. The Morgan fingerprint density at radius 1 is 1.33 bits per heavy atom. The molecular formula is C13H16ClF2NO. The molecule has 0 spiro atoms. The Bertz CT molecular complexity index is 395. The average Bonchev–Trinajstić information content (AvgIpc) is 2.34. The summed E-state index contributed by atoms with van der Waals surface area (Å²) in [6.45, 7) is -0.775. The molecule has 2 rings (SSSR count). The molecule has 1 aliphatic heterocycles. The number of hydrogen-bond donors (Lipinski definition) is 1. The molecule has 100 valence electrons. The highest BCUT2D eigenvalue weighted by molar-refractivity contribution is 6.31. The molecule has 0 atom stereocenters. The Kier molecular flexibility index (Phi) is 4.78. The number of ether oxygens (including phenoxy) is 1. The third-order valence-corrected chi connectivity index (χ3v) is 3.58. The molecule has 1 aromatic carbocycles. The van der Waals surface area contributed by atoms with E-state index in [9.17, 15) is 8.78 Å². The average molecular weight is 276 g/mol. The highest BCUT2D eigenvalue weighted by atomic mass is 35.5. The number of benzene rings is 1. The van der Waals surface area contributed by atoms with E-state index in [0.717, 1.165) is 37.9 Å². The summed E-state index contributed by atoms with van der Waals surface area (Å²) in [7, 11) is 0. The number of rotatable bonds is 4. The van der Waals surface area contributed by atoms with Crippen molar-refractivity contribution in [3.63, 3.8) is 0 Å². The fraction of sp³-hybridized carbons (Fsp3) is 0.538. The van der Waals surface area contributed by atoms with E-state index in [4.69, 9.17) is 11.6 Å². The second-order valence-corrected chi connectivity index (χ2v) is 4.94. The molecule has 1 fully saturated rings. The Morgan fingerprint density at radius 2 is 2.06 bits per heavy atom. The van der Waals surface area contributed by atoms with Gasteiger partial charge in [-0.25, -0.2) is 0 Å². The number of nitrogens with one attached hydrogen (secondary N) is 1. The van der Waals surface area contributed by atoms with Crippen LogP contribution in [0.5, 0.6) is 5.75 Å². The summed E-state index contributed by atoms with van der Waals surface area (Å²) in [6, 6.07) is 4.71. The zero-order valence-corrected chi connectivity index (χ0v) is 10.7. The summed E-state index contributed by atoms with van der Waals surface area (Å²) in [5, 5.41) is 3.92. The molecule has 0 aliphatic carbocycles. The fourth-order valence-electron chi connectivity index (χ4n) is 2.28. The van der Waals surface area contributed by atoms with Crippen LogP contribution in [0.1, 0.15) is 18.4 Å². The Balaban J connectivity index is 2.05. The van der Waals surface area contributed by atoms with Crippen molar-refractivity contribution in [2.45, 2.75) is 25.9 Å². The molecule has 1 N–H and O–H groups in total. The molecule has 18 heavy (non-hydrogen) atoms. The first kappa shape index (κ1) is 13.6. The van der Waals surface area contributed by atoms with Crippen LogP contribution in [0.3, 0.4) is 0 Å². The maximum absolute atomic E-state index is 12.1. The van der Waals surface area contributed by atoms with E-state index in [2.05, 4.69) is 10.1 Å². The third kappa shape index (κ3) is 3.82. The minimum atomic E-state index is -2.79. The van der Waals surface area contributed by atoms with Crippen LogP contribution in [0.2, 0.25) is 5.02 Å². The third-order valence-electron chi connectivity index (χ3n) is 3.21. The predicted octanol–water partition coefficient (Wildman–Crippen LogP) is 3.48. The second-order valence-electron chi connectivity index (χ2n) is 4.53. The molecule has 0 amide bonds. The monoisotopic (exact) mass is 275 g/mol. The van der Waals surface area contributed by atoms with Gasteiger partial charge in [-0.15, -0.1) is 0 Å². The van der Waals surface area contributed by atoms with Gasteiger partial charge in [0.05, 0.1) is 0 Å². The van der Waals surface area contributed by atoms with Gasteiger partial charge in [0.15, 0.2) is 0 Å². The molecule has 0 aromatic heterocycles. The van der Waals surface area contributed by atoms with Crippen molar-refractivity contribution < 1.29 is 13.5 Å². The molecule has 5 heteroatoms. The van der Waals surface area contributed by atoms with Crippen LogP contribution in [0.15, 0.2) is 18.2 Å². The first-order chi connectivity index (χ1) is 8.65. The molecule has 0 radical (unpaired) electrons. The number of hydrogen-bond acceptors (Lipinski definition) is 2. The number of alkyl halides is 2. The maximum atomic E-state index is 12.1. The SMILES string of the molecule is FC(F)Oc1ccc(Cl)c(CC2CCNCC2)c1. The molecule has 2 nitrogen and oxygen atoms in total. The highest BCUT2D eigenvalue weighted by Gasteiger charge is 2.16. The van der Waals surface area contributed by atoms with Crippen molar-refractivity contribution in [2.75, 3.05) is 13.1 Å². The van der Waals surface area contributed by atoms with Crippen LogP contribution >= 0.6 is 11.6 Å². The van der Waals surface area contributed by atoms with E-state index in [1.54, 1.807) is 12.1 Å². The van der Waals surface area contributed by atoms with Crippen molar-refractivity contribution in [1.82, 2.24) is 5.32 Å². The zero-order valence-electron chi connectivity index (χ0n) is 9.96. The molecule has 1 heterocycles. The summed E-state index contributed by atoms with van der Waals surface area (Å²) in [5.41, 5.74) is 0.890. The van der Waals surface area contributed by atoms with Crippen LogP contribution in [-0.2, 0) is 6.42 Å². The van der Waals surface area contributed by atoms with E-state index >= 15 is 0 Å². The molecule has 1 aliphatic rings. The van der Waals surface area contributed by atoms with E-state index in [-0.39, 0.29) is 5.75 Å². The van der Waals surface area contributed by atoms with Crippen LogP contribution in [-0.4, -0.2) is 19.7 Å². The summed E-state index contributed by atoms with van der Waals surface area (Å²) < 4.78 is 28.7. The lowest BCUT2D eigenvalue weighted by molar-refractivity contribution is -0.0498. The van der Waals surface area contributed by atoms with Gasteiger partial charge in [0.1, 0.15) is 5.75 Å². The predicted molar refractivity (Wildman–Crippen MR) is 67.4 cm³/mol. The lowest BCUT2D eigenvalue weighted by Crippen LogP contribution is -2.28. The summed E-state index contributed by atoms with van der Waals surface area (Å²) in [4.78, 5) is 0. The zero-order chi connectivity index (χ0) is 13.0. The fourth-order valence-corrected chi connectivity index (χ4v) is 2.48. The largest absolute Gasteiger partial charge is 0.435 e. The maximum Gasteiger partial charge on any atom is 0.387 e. The minimum absolute atomic E-state index is 0.179. The van der Waals surface area contributed by atoms with E-state index in [1.807, 2.05) is 0 Å².